The summed E-state index contributed by atoms with van der Waals surface area (Å²) in [4.78, 5) is 14.5. The van der Waals surface area contributed by atoms with Crippen molar-refractivity contribution in [1.29, 1.82) is 0 Å². The van der Waals surface area contributed by atoms with Crippen molar-refractivity contribution in [1.82, 2.24) is 24.7 Å². The van der Waals surface area contributed by atoms with Gasteiger partial charge in [-0.15, -0.1) is 0 Å². The van der Waals surface area contributed by atoms with Crippen LogP contribution in [0.15, 0.2) is 107 Å². The van der Waals surface area contributed by atoms with Crippen LogP contribution in [0.25, 0.3) is 16.9 Å². The number of hydrogen-bond acceptors (Lipinski definition) is 6. The Labute approximate surface area is 190 Å². The second kappa shape index (κ2) is 9.03. The van der Waals surface area contributed by atoms with E-state index >= 15 is 0 Å². The fraction of sp³-hybridized carbons (Fsp3) is 0.0400. The van der Waals surface area contributed by atoms with E-state index in [0.717, 1.165) is 38.2 Å². The van der Waals surface area contributed by atoms with Crippen molar-refractivity contribution in [2.75, 3.05) is 5.32 Å². The van der Waals surface area contributed by atoms with Crippen LogP contribution < -0.4 is 5.32 Å². The Kier molecular flexibility index (Phi) is 5.63. The van der Waals surface area contributed by atoms with E-state index in [9.17, 15) is 0 Å². The highest BCUT2D eigenvalue weighted by Gasteiger charge is 2.20. The molecule has 0 bridgehead atoms. The average Bonchev–Trinajstić information content (AvgIpc) is 3.16. The number of pyridine rings is 1. The van der Waals surface area contributed by atoms with E-state index in [1.165, 1.54) is 0 Å². The molecule has 7 heteroatoms. The monoisotopic (exact) mass is 436 g/mol. The maximum Gasteiger partial charge on any atom is 0.227 e. The van der Waals surface area contributed by atoms with Gasteiger partial charge in [-0.05, 0) is 49.4 Å². The van der Waals surface area contributed by atoms with Gasteiger partial charge in [0.05, 0.1) is 22.6 Å². The van der Waals surface area contributed by atoms with Gasteiger partial charge in [-0.25, -0.2) is 14.6 Å². The van der Waals surface area contributed by atoms with E-state index in [2.05, 4.69) is 22.2 Å². The third-order valence-electron chi connectivity index (χ3n) is 4.88. The molecule has 5 rings (SSSR count). The number of nitrogens with one attached hydrogen (secondary N) is 1. The van der Waals surface area contributed by atoms with Gasteiger partial charge in [-0.1, -0.05) is 48.2 Å². The normalized spacial score (nSPS) is 10.8. The van der Waals surface area contributed by atoms with Gasteiger partial charge in [0.2, 0.25) is 5.95 Å². The number of anilines is 2. The zero-order valence-corrected chi connectivity index (χ0v) is 18.2. The quantitative estimate of drug-likeness (QED) is 0.356. The van der Waals surface area contributed by atoms with E-state index < -0.39 is 0 Å². The first kappa shape index (κ1) is 20.0. The summed E-state index contributed by atoms with van der Waals surface area (Å²) in [5.74, 6) is 0.540. The van der Waals surface area contributed by atoms with E-state index in [-0.39, 0.29) is 0 Å². The summed E-state index contributed by atoms with van der Waals surface area (Å²) >= 11 is 1.57. The minimum Gasteiger partial charge on any atom is -0.324 e. The topological polar surface area (TPSA) is 68.5 Å². The molecule has 1 N–H and O–H groups in total. The maximum absolute atomic E-state index is 4.94. The van der Waals surface area contributed by atoms with E-state index in [0.29, 0.717) is 5.95 Å². The van der Waals surface area contributed by atoms with Crippen LogP contribution in [-0.4, -0.2) is 24.7 Å². The zero-order valence-electron chi connectivity index (χ0n) is 17.4. The average molecular weight is 437 g/mol. The molecule has 0 aliphatic rings. The fourth-order valence-electron chi connectivity index (χ4n) is 3.39. The molecule has 156 valence electrons. The van der Waals surface area contributed by atoms with Crippen molar-refractivity contribution >= 4 is 23.4 Å². The summed E-state index contributed by atoms with van der Waals surface area (Å²) in [7, 11) is 0. The molecule has 0 atom stereocenters. The molecule has 6 nitrogen and oxygen atoms in total. The summed E-state index contributed by atoms with van der Waals surface area (Å²) < 4.78 is 1.96. The molecule has 5 aromatic rings. The summed E-state index contributed by atoms with van der Waals surface area (Å²) in [6.45, 7) is 2.06. The number of hydrogen-bond donors (Lipinski definition) is 1. The highest BCUT2D eigenvalue weighted by Crippen LogP contribution is 2.37. The Morgan fingerprint density at radius 3 is 2.38 bits per heavy atom. The van der Waals surface area contributed by atoms with E-state index in [1.807, 2.05) is 89.7 Å². The Bertz CT molecular complexity index is 1320. The number of nitrogens with zero attached hydrogens (tertiary/aromatic N) is 5. The lowest BCUT2D eigenvalue weighted by atomic mass is 10.2. The van der Waals surface area contributed by atoms with Crippen LogP contribution in [0.4, 0.5) is 11.6 Å². The zero-order chi connectivity index (χ0) is 21.8. The summed E-state index contributed by atoms with van der Waals surface area (Å²) in [6, 6.07) is 25.9. The van der Waals surface area contributed by atoms with Crippen molar-refractivity contribution < 1.29 is 0 Å². The second-order valence-corrected chi connectivity index (χ2v) is 8.12. The fourth-order valence-corrected chi connectivity index (χ4v) is 4.35. The van der Waals surface area contributed by atoms with Gasteiger partial charge in [0, 0.05) is 29.2 Å². The van der Waals surface area contributed by atoms with Crippen molar-refractivity contribution in [3.63, 3.8) is 0 Å². The lowest BCUT2D eigenvalue weighted by Crippen LogP contribution is -2.00. The van der Waals surface area contributed by atoms with E-state index in [4.69, 9.17) is 10.1 Å². The number of rotatable bonds is 6. The third kappa shape index (κ3) is 4.24. The molecule has 0 radical (unpaired) electrons. The van der Waals surface area contributed by atoms with Crippen LogP contribution in [0.3, 0.4) is 0 Å². The predicted octanol–water partition coefficient (Wildman–Crippen LogP) is 5.93. The van der Waals surface area contributed by atoms with Gasteiger partial charge in [-0.3, -0.25) is 4.98 Å². The van der Waals surface area contributed by atoms with Crippen molar-refractivity contribution in [3.05, 3.63) is 103 Å². The number of benzene rings is 2. The summed E-state index contributed by atoms with van der Waals surface area (Å²) in [5.41, 5.74) is 4.73. The molecule has 0 aliphatic heterocycles. The van der Waals surface area contributed by atoms with Gasteiger partial charge in [0.15, 0.2) is 0 Å². The largest absolute Gasteiger partial charge is 0.324 e. The van der Waals surface area contributed by atoms with Crippen LogP contribution in [-0.2, 0) is 0 Å². The van der Waals surface area contributed by atoms with Crippen LogP contribution >= 0.6 is 11.8 Å². The van der Waals surface area contributed by atoms with Crippen LogP contribution in [0.5, 0.6) is 0 Å². The highest BCUT2D eigenvalue weighted by molar-refractivity contribution is 7.99. The van der Waals surface area contributed by atoms with Gasteiger partial charge in [-0.2, -0.15) is 5.10 Å². The first-order valence-corrected chi connectivity index (χ1v) is 11.0. The Hall–Kier alpha value is -3.97. The van der Waals surface area contributed by atoms with Crippen molar-refractivity contribution in [3.8, 4) is 16.9 Å². The molecule has 3 heterocycles. The molecule has 0 amide bonds. The van der Waals surface area contributed by atoms with Crippen LogP contribution in [0.1, 0.15) is 5.69 Å². The lowest BCUT2D eigenvalue weighted by molar-refractivity contribution is 0.813. The van der Waals surface area contributed by atoms with Gasteiger partial charge in [0.1, 0.15) is 5.03 Å². The SMILES string of the molecule is Cc1c(-c2ccnc(Nc3ccccc3)n2)c(Sc2cccnc2)nn1-c1ccccc1. The van der Waals surface area contributed by atoms with Crippen LogP contribution in [0, 0.1) is 6.92 Å². The second-order valence-electron chi connectivity index (χ2n) is 7.06. The Morgan fingerprint density at radius 1 is 0.844 bits per heavy atom. The number of para-hydroxylation sites is 2. The Morgan fingerprint density at radius 2 is 1.62 bits per heavy atom. The highest BCUT2D eigenvalue weighted by atomic mass is 32.2. The molecule has 0 aliphatic carbocycles. The van der Waals surface area contributed by atoms with Gasteiger partial charge < -0.3 is 5.32 Å². The molecule has 0 fully saturated rings. The number of aromatic nitrogens is 5. The first-order valence-electron chi connectivity index (χ1n) is 10.2. The van der Waals surface area contributed by atoms with Crippen molar-refractivity contribution in [2.45, 2.75) is 16.8 Å². The molecule has 0 saturated carbocycles. The van der Waals surface area contributed by atoms with Crippen LogP contribution in [0.2, 0.25) is 0 Å². The smallest absolute Gasteiger partial charge is 0.227 e. The van der Waals surface area contributed by atoms with Crippen molar-refractivity contribution in [2.24, 2.45) is 0 Å². The van der Waals surface area contributed by atoms with Gasteiger partial charge in [0.25, 0.3) is 0 Å². The molecule has 32 heavy (non-hydrogen) atoms. The maximum atomic E-state index is 4.94. The molecule has 0 spiro atoms. The summed E-state index contributed by atoms with van der Waals surface area (Å²) in [6.07, 6.45) is 5.38. The first-order chi connectivity index (χ1) is 15.8. The minimum atomic E-state index is 0.540. The molecule has 2 aromatic carbocycles. The predicted molar refractivity (Wildman–Crippen MR) is 127 cm³/mol. The molecular weight excluding hydrogens is 416 g/mol. The molecule has 3 aromatic heterocycles. The van der Waals surface area contributed by atoms with E-state index in [1.54, 1.807) is 24.2 Å². The lowest BCUT2D eigenvalue weighted by Gasteiger charge is -2.08. The summed E-state index contributed by atoms with van der Waals surface area (Å²) in [5, 5.41) is 9.08. The third-order valence-corrected chi connectivity index (χ3v) is 5.83. The molecular formula is C25H20N6S. The van der Waals surface area contributed by atoms with Gasteiger partial charge >= 0.3 is 0 Å². The minimum absolute atomic E-state index is 0.540. The Balaban J connectivity index is 1.59. The standard InChI is InChI=1S/C25H20N6S/c1-18-23(22-14-16-27-25(29-22)28-19-9-4-2-5-10-19)24(32-21-13-8-15-26-17-21)30-31(18)20-11-6-3-7-12-20/h2-17H,1H3,(H,27,28,29). The molecule has 0 saturated heterocycles. The molecule has 0 unspecified atom stereocenters.